The number of benzene rings is 1. The number of aromatic nitrogens is 2. The molecule has 0 bridgehead atoms. The van der Waals surface area contributed by atoms with Crippen LogP contribution in [0.4, 0.5) is 5.82 Å². The number of carbonyl (C=O) groups excluding carboxylic acids is 1. The van der Waals surface area contributed by atoms with Crippen LogP contribution in [0.15, 0.2) is 36.5 Å². The van der Waals surface area contributed by atoms with Crippen molar-refractivity contribution in [2.75, 3.05) is 38.3 Å². The summed E-state index contributed by atoms with van der Waals surface area (Å²) < 4.78 is 5.06. The van der Waals surface area contributed by atoms with E-state index in [0.29, 0.717) is 44.1 Å². The average Bonchev–Trinajstić information content (AvgIpc) is 3.57. The minimum absolute atomic E-state index is 0.0492. The number of nitriles is 1. The minimum Gasteiger partial charge on any atom is -0.384 e. The lowest BCUT2D eigenvalue weighted by atomic mass is 9.97. The summed E-state index contributed by atoms with van der Waals surface area (Å²) in [6.07, 6.45) is 4.61. The van der Waals surface area contributed by atoms with Crippen molar-refractivity contribution in [2.24, 2.45) is 0 Å². The highest BCUT2D eigenvalue weighted by atomic mass is 16.5. The number of aromatic amines is 1. The van der Waals surface area contributed by atoms with E-state index >= 15 is 0 Å². The van der Waals surface area contributed by atoms with Gasteiger partial charge in [0.2, 0.25) is 5.91 Å². The SMILES string of the molecule is COCCC(=O)N1CCN(c2nc(C3CC3)c(-c3cccc4cc[nH]c34)cc2C#N)C[C@H]1C. The van der Waals surface area contributed by atoms with Crippen molar-refractivity contribution < 1.29 is 9.53 Å². The quantitative estimate of drug-likeness (QED) is 0.621. The fourth-order valence-corrected chi connectivity index (χ4v) is 4.89. The zero-order valence-corrected chi connectivity index (χ0v) is 19.2. The van der Waals surface area contributed by atoms with Crippen molar-refractivity contribution in [2.45, 2.75) is 38.1 Å². The smallest absolute Gasteiger partial charge is 0.225 e. The molecule has 3 aromatic rings. The molecular weight excluding hydrogens is 414 g/mol. The van der Waals surface area contributed by atoms with Gasteiger partial charge in [-0.3, -0.25) is 4.79 Å². The number of amides is 1. The first-order chi connectivity index (χ1) is 16.1. The highest BCUT2D eigenvalue weighted by Crippen LogP contribution is 2.46. The molecule has 7 heteroatoms. The molecule has 33 heavy (non-hydrogen) atoms. The van der Waals surface area contributed by atoms with E-state index in [9.17, 15) is 10.1 Å². The van der Waals surface area contributed by atoms with Crippen molar-refractivity contribution in [3.8, 4) is 17.2 Å². The first kappa shape index (κ1) is 21.5. The number of nitrogens with zero attached hydrogens (tertiary/aromatic N) is 4. The van der Waals surface area contributed by atoms with E-state index in [0.717, 1.165) is 46.4 Å². The molecular formula is C26H29N5O2. The predicted molar refractivity (Wildman–Crippen MR) is 128 cm³/mol. The van der Waals surface area contributed by atoms with Crippen LogP contribution < -0.4 is 4.90 Å². The van der Waals surface area contributed by atoms with Gasteiger partial charge in [0.1, 0.15) is 11.9 Å². The molecule has 0 spiro atoms. The van der Waals surface area contributed by atoms with Crippen LogP contribution in [-0.4, -0.2) is 60.2 Å². The lowest BCUT2D eigenvalue weighted by Gasteiger charge is -2.41. The van der Waals surface area contributed by atoms with Crippen molar-refractivity contribution in [1.82, 2.24) is 14.9 Å². The molecule has 1 aliphatic heterocycles. The van der Waals surface area contributed by atoms with Gasteiger partial charge in [-0.1, -0.05) is 18.2 Å². The Morgan fingerprint density at radius 1 is 1.27 bits per heavy atom. The Balaban J connectivity index is 1.49. The molecule has 7 nitrogen and oxygen atoms in total. The van der Waals surface area contributed by atoms with Crippen LogP contribution in [0, 0.1) is 11.3 Å². The topological polar surface area (TPSA) is 85.2 Å². The summed E-state index contributed by atoms with van der Waals surface area (Å²) in [6.45, 7) is 4.45. The van der Waals surface area contributed by atoms with Gasteiger partial charge in [0.25, 0.3) is 0 Å². The monoisotopic (exact) mass is 443 g/mol. The number of carbonyl (C=O) groups is 1. The lowest BCUT2D eigenvalue weighted by Crippen LogP contribution is -2.54. The zero-order valence-electron chi connectivity index (χ0n) is 19.2. The van der Waals surface area contributed by atoms with E-state index in [-0.39, 0.29) is 11.9 Å². The standard InChI is InChI=1S/C26H29N5O2/c1-17-16-30(11-12-31(17)23(32)9-13-33-2)26-20(15-27)14-22(25(29-26)19-6-7-19)21-5-3-4-18-8-10-28-24(18)21/h3-5,8,10,14,17,19,28H,6-7,9,11-13,16H2,1-2H3/t17-/m1/s1. The van der Waals surface area contributed by atoms with E-state index in [4.69, 9.17) is 9.72 Å². The maximum Gasteiger partial charge on any atom is 0.225 e. The normalized spacial score (nSPS) is 18.5. The van der Waals surface area contributed by atoms with Crippen LogP contribution >= 0.6 is 0 Å². The maximum atomic E-state index is 12.5. The lowest BCUT2D eigenvalue weighted by molar-refractivity contribution is -0.134. The predicted octanol–water partition coefficient (Wildman–Crippen LogP) is 4.05. The van der Waals surface area contributed by atoms with Gasteiger partial charge < -0.3 is 19.5 Å². The van der Waals surface area contributed by atoms with Gasteiger partial charge in [0.05, 0.1) is 29.8 Å². The molecule has 1 atom stereocenters. The minimum atomic E-state index is 0.0492. The highest BCUT2D eigenvalue weighted by molar-refractivity contribution is 5.95. The fraction of sp³-hybridized carbons (Fsp3) is 0.423. The number of methoxy groups -OCH3 is 1. The molecule has 1 saturated heterocycles. The van der Waals surface area contributed by atoms with Crippen molar-refractivity contribution in [3.63, 3.8) is 0 Å². The van der Waals surface area contributed by atoms with Crippen molar-refractivity contribution >= 4 is 22.6 Å². The van der Waals surface area contributed by atoms with Gasteiger partial charge in [-0.15, -0.1) is 0 Å². The Morgan fingerprint density at radius 3 is 2.85 bits per heavy atom. The van der Waals surface area contributed by atoms with Crippen LogP contribution in [0.1, 0.15) is 43.4 Å². The number of anilines is 1. The van der Waals surface area contributed by atoms with E-state index in [2.05, 4.69) is 47.1 Å². The van der Waals surface area contributed by atoms with E-state index < -0.39 is 0 Å². The first-order valence-corrected chi connectivity index (χ1v) is 11.7. The molecule has 1 aromatic carbocycles. The van der Waals surface area contributed by atoms with Gasteiger partial charge in [-0.05, 0) is 37.3 Å². The number of rotatable bonds is 6. The molecule has 3 heterocycles. The van der Waals surface area contributed by atoms with Crippen molar-refractivity contribution in [3.05, 3.63) is 47.8 Å². The van der Waals surface area contributed by atoms with Gasteiger partial charge in [0, 0.05) is 56.0 Å². The Morgan fingerprint density at radius 2 is 2.12 bits per heavy atom. The number of pyridine rings is 1. The molecule has 5 rings (SSSR count). The van der Waals surface area contributed by atoms with E-state index in [1.54, 1.807) is 7.11 Å². The Kier molecular flexibility index (Phi) is 5.77. The number of hydrogen-bond donors (Lipinski definition) is 1. The molecule has 1 amide bonds. The summed E-state index contributed by atoms with van der Waals surface area (Å²) >= 11 is 0. The first-order valence-electron chi connectivity index (χ1n) is 11.7. The summed E-state index contributed by atoms with van der Waals surface area (Å²) in [5.74, 6) is 1.30. The van der Waals surface area contributed by atoms with Crippen LogP contribution in [-0.2, 0) is 9.53 Å². The van der Waals surface area contributed by atoms with Crippen LogP contribution in [0.25, 0.3) is 22.0 Å². The van der Waals surface area contributed by atoms with Crippen LogP contribution in [0.2, 0.25) is 0 Å². The largest absolute Gasteiger partial charge is 0.384 e. The summed E-state index contributed by atoms with van der Waals surface area (Å²) in [5.41, 5.74) is 4.89. The molecule has 1 N–H and O–H groups in total. The second-order valence-corrected chi connectivity index (χ2v) is 9.05. The van der Waals surface area contributed by atoms with Crippen LogP contribution in [0.3, 0.4) is 0 Å². The summed E-state index contributed by atoms with van der Waals surface area (Å²) in [6, 6.07) is 12.8. The Hall–Kier alpha value is -3.37. The second-order valence-electron chi connectivity index (χ2n) is 9.05. The number of para-hydroxylation sites is 1. The number of H-pyrrole nitrogens is 1. The molecule has 1 aliphatic carbocycles. The molecule has 2 aromatic heterocycles. The third-order valence-electron chi connectivity index (χ3n) is 6.76. The summed E-state index contributed by atoms with van der Waals surface area (Å²) in [4.78, 5) is 25.1. The maximum absolute atomic E-state index is 12.5. The van der Waals surface area contributed by atoms with Gasteiger partial charge in [0.15, 0.2) is 0 Å². The Labute approximate surface area is 194 Å². The number of nitrogens with one attached hydrogen (secondary N) is 1. The number of hydrogen-bond acceptors (Lipinski definition) is 5. The molecule has 1 saturated carbocycles. The Bertz CT molecular complexity index is 1220. The molecule has 2 aliphatic rings. The number of piperazine rings is 1. The summed E-state index contributed by atoms with van der Waals surface area (Å²) in [5, 5.41) is 11.2. The third-order valence-corrected chi connectivity index (χ3v) is 6.76. The third kappa shape index (κ3) is 4.07. The highest BCUT2D eigenvalue weighted by Gasteiger charge is 2.33. The zero-order chi connectivity index (χ0) is 22.9. The fourth-order valence-electron chi connectivity index (χ4n) is 4.89. The molecule has 170 valence electrons. The van der Waals surface area contributed by atoms with Gasteiger partial charge >= 0.3 is 0 Å². The molecule has 0 radical (unpaired) electrons. The summed E-state index contributed by atoms with van der Waals surface area (Å²) in [7, 11) is 1.61. The van der Waals surface area contributed by atoms with Crippen LogP contribution in [0.5, 0.6) is 0 Å². The molecule has 0 unspecified atom stereocenters. The number of fused-ring (bicyclic) bond motifs is 1. The van der Waals surface area contributed by atoms with E-state index in [1.165, 1.54) is 0 Å². The van der Waals surface area contributed by atoms with Gasteiger partial charge in [-0.2, -0.15) is 5.26 Å². The van der Waals surface area contributed by atoms with Gasteiger partial charge in [-0.25, -0.2) is 4.98 Å². The average molecular weight is 444 g/mol. The number of ether oxygens (including phenoxy) is 1. The second kappa shape index (κ2) is 8.87. The van der Waals surface area contributed by atoms with E-state index in [1.807, 2.05) is 17.2 Å². The van der Waals surface area contributed by atoms with Crippen molar-refractivity contribution in [1.29, 1.82) is 5.26 Å². The molecule has 2 fully saturated rings.